The van der Waals surface area contributed by atoms with E-state index in [0.717, 1.165) is 137 Å². The van der Waals surface area contributed by atoms with Crippen molar-refractivity contribution in [3.63, 3.8) is 0 Å². The third-order valence-corrected chi connectivity index (χ3v) is 14.7. The number of alkyl halides is 4. The summed E-state index contributed by atoms with van der Waals surface area (Å²) in [5.74, 6) is -4.70. The van der Waals surface area contributed by atoms with Gasteiger partial charge in [0.1, 0.15) is 13.1 Å². The Morgan fingerprint density at radius 1 is 0.600 bits per heavy atom. The van der Waals surface area contributed by atoms with Crippen molar-refractivity contribution in [1.29, 1.82) is 0 Å². The van der Waals surface area contributed by atoms with Gasteiger partial charge in [0.15, 0.2) is 0 Å². The van der Waals surface area contributed by atoms with Crippen LogP contribution in [-0.2, 0) is 48.5 Å². The molecule has 0 unspecified atom stereocenters. The molecule has 2 spiro atoms. The first-order chi connectivity index (χ1) is 28.2. The molecule has 2 aromatic rings. The van der Waals surface area contributed by atoms with Gasteiger partial charge in [-0.2, -0.15) is 10.2 Å². The van der Waals surface area contributed by atoms with Gasteiger partial charge in [-0.15, -0.1) is 0 Å². The molecule has 4 fully saturated rings. The maximum Gasteiger partial charge on any atom is 0.272 e. The van der Waals surface area contributed by atoms with E-state index in [9.17, 15) is 17.6 Å². The van der Waals surface area contributed by atoms with Gasteiger partial charge in [-0.1, -0.05) is 0 Å². The lowest BCUT2D eigenvalue weighted by atomic mass is 9.71. The topological polar surface area (TPSA) is 84.6 Å². The van der Waals surface area contributed by atoms with E-state index in [1.807, 2.05) is 14.1 Å². The summed E-state index contributed by atoms with van der Waals surface area (Å²) in [4.78, 5) is 4.46. The molecule has 2 saturated carbocycles. The molecular weight excluding hydrogens is 773 g/mol. The molecule has 340 valence electrons. The second-order valence-corrected chi connectivity index (χ2v) is 21.0. The standard InChI is InChI=1S/2C23H38F2N4O/c2*1-21(2)8-5-9-22(30-21)10-6-17(7-11-22)20-18(15-28(4)13-12-26-3)27-29-16-23(24,25)14-19(20)29/h2*17,26H,5-16H2,1-4H3. The minimum absolute atomic E-state index is 0.0116. The van der Waals surface area contributed by atoms with Crippen molar-refractivity contribution >= 4 is 0 Å². The summed E-state index contributed by atoms with van der Waals surface area (Å²) < 4.78 is 72.9. The van der Waals surface area contributed by atoms with E-state index in [1.165, 1.54) is 12.8 Å². The molecule has 6 heterocycles. The van der Waals surface area contributed by atoms with Crippen LogP contribution in [-0.4, -0.2) is 118 Å². The van der Waals surface area contributed by atoms with Gasteiger partial charge in [-0.25, -0.2) is 17.6 Å². The highest BCUT2D eigenvalue weighted by atomic mass is 19.3. The minimum Gasteiger partial charge on any atom is -0.369 e. The number of rotatable bonds is 12. The van der Waals surface area contributed by atoms with Crippen LogP contribution < -0.4 is 10.6 Å². The average Bonchev–Trinajstić information content (AvgIpc) is 3.83. The van der Waals surface area contributed by atoms with Crippen molar-refractivity contribution in [3.05, 3.63) is 33.9 Å². The fourth-order valence-corrected chi connectivity index (χ4v) is 11.9. The van der Waals surface area contributed by atoms with Crippen LogP contribution in [0.2, 0.25) is 0 Å². The van der Waals surface area contributed by atoms with Crippen LogP contribution in [0.25, 0.3) is 0 Å². The first-order valence-corrected chi connectivity index (χ1v) is 23.2. The normalized spacial score (nSPS) is 30.2. The molecular formula is C46H76F4N8O2. The Bertz CT molecular complexity index is 1630. The van der Waals surface area contributed by atoms with Crippen LogP contribution in [0, 0.1) is 0 Å². The second-order valence-electron chi connectivity index (χ2n) is 21.0. The summed E-state index contributed by atoms with van der Waals surface area (Å²) in [6.07, 6.45) is 14.7. The number of fused-ring (bicyclic) bond motifs is 2. The molecule has 60 heavy (non-hydrogen) atoms. The van der Waals surface area contributed by atoms with Crippen LogP contribution >= 0.6 is 0 Å². The number of likely N-dealkylation sites (N-methyl/N-ethyl adjacent to an activating group) is 4. The van der Waals surface area contributed by atoms with Gasteiger partial charge in [0.2, 0.25) is 0 Å². The maximum absolute atomic E-state index is 14.1. The summed E-state index contributed by atoms with van der Waals surface area (Å²) >= 11 is 0. The first-order valence-electron chi connectivity index (χ1n) is 23.2. The lowest BCUT2D eigenvalue weighted by Gasteiger charge is -2.49. The molecule has 6 aliphatic rings. The zero-order valence-corrected chi connectivity index (χ0v) is 38.1. The molecule has 8 rings (SSSR count). The molecule has 10 nitrogen and oxygen atoms in total. The lowest BCUT2D eigenvalue weighted by Crippen LogP contribution is -2.47. The Morgan fingerprint density at radius 3 is 1.30 bits per heavy atom. The monoisotopic (exact) mass is 849 g/mol. The molecule has 0 amide bonds. The smallest absolute Gasteiger partial charge is 0.272 e. The summed E-state index contributed by atoms with van der Waals surface area (Å²) in [6.45, 7) is 13.3. The largest absolute Gasteiger partial charge is 0.369 e. The van der Waals surface area contributed by atoms with Gasteiger partial charge in [0, 0.05) is 61.8 Å². The van der Waals surface area contributed by atoms with Crippen LogP contribution in [0.15, 0.2) is 0 Å². The van der Waals surface area contributed by atoms with Gasteiger partial charge in [0.05, 0.1) is 46.6 Å². The molecule has 2 saturated heterocycles. The molecule has 0 aromatic carbocycles. The predicted molar refractivity (Wildman–Crippen MR) is 228 cm³/mol. The lowest BCUT2D eigenvalue weighted by molar-refractivity contribution is -0.189. The second kappa shape index (κ2) is 17.8. The highest BCUT2D eigenvalue weighted by Gasteiger charge is 2.49. The number of hydrogen-bond acceptors (Lipinski definition) is 8. The Morgan fingerprint density at radius 2 is 0.967 bits per heavy atom. The van der Waals surface area contributed by atoms with Gasteiger partial charge >= 0.3 is 0 Å². The van der Waals surface area contributed by atoms with Crippen molar-refractivity contribution in [2.75, 3.05) is 54.4 Å². The zero-order chi connectivity index (χ0) is 43.1. The number of nitrogens with zero attached hydrogens (tertiary/aromatic N) is 6. The first kappa shape index (κ1) is 45.9. The molecule has 2 aromatic heterocycles. The molecule has 4 aliphatic heterocycles. The summed E-state index contributed by atoms with van der Waals surface area (Å²) in [7, 11) is 8.04. The Kier molecular flexibility index (Phi) is 13.6. The molecule has 0 radical (unpaired) electrons. The molecule has 0 atom stereocenters. The molecule has 0 bridgehead atoms. The van der Waals surface area contributed by atoms with Crippen LogP contribution in [0.1, 0.15) is 163 Å². The van der Waals surface area contributed by atoms with E-state index in [2.05, 4.69) is 72.4 Å². The minimum atomic E-state index is -2.67. The van der Waals surface area contributed by atoms with Gasteiger partial charge < -0.3 is 20.1 Å². The van der Waals surface area contributed by atoms with Gasteiger partial charge in [-0.3, -0.25) is 19.2 Å². The Labute approximate surface area is 357 Å². The van der Waals surface area contributed by atoms with Gasteiger partial charge in [-0.05, 0) is 158 Å². The van der Waals surface area contributed by atoms with Crippen LogP contribution in [0.3, 0.4) is 0 Å². The summed E-state index contributed by atoms with van der Waals surface area (Å²) in [6, 6.07) is 0. The van der Waals surface area contributed by atoms with E-state index in [4.69, 9.17) is 9.47 Å². The third-order valence-electron chi connectivity index (χ3n) is 14.7. The van der Waals surface area contributed by atoms with E-state index in [-0.39, 0.29) is 48.3 Å². The Hall–Kier alpha value is -2.10. The fourth-order valence-electron chi connectivity index (χ4n) is 11.9. The quantitative estimate of drug-likeness (QED) is 0.207. The SMILES string of the molecule is CNCCN(C)Cc1nn2c(c1C1CCC3(CCCC(C)(C)O3)CC1)CC(F)(F)C2.CNCCN(C)Cc1nn2c(c1C1CCC3(CCCC(C)(C)O3)CC1)CC(F)(F)C2. The van der Waals surface area contributed by atoms with E-state index in [1.54, 1.807) is 9.36 Å². The summed E-state index contributed by atoms with van der Waals surface area (Å²) in [5, 5.41) is 15.7. The zero-order valence-electron chi connectivity index (χ0n) is 38.1. The van der Waals surface area contributed by atoms with Crippen molar-refractivity contribution in [2.24, 2.45) is 0 Å². The van der Waals surface area contributed by atoms with E-state index in [0.29, 0.717) is 24.9 Å². The summed E-state index contributed by atoms with van der Waals surface area (Å²) in [5.41, 5.74) is 5.69. The van der Waals surface area contributed by atoms with Crippen molar-refractivity contribution in [2.45, 2.75) is 203 Å². The fraction of sp³-hybridized carbons (Fsp3) is 0.870. The number of halogens is 4. The molecule has 14 heteroatoms. The highest BCUT2D eigenvalue weighted by Crippen LogP contribution is 2.51. The molecule has 2 N–H and O–H groups in total. The van der Waals surface area contributed by atoms with Crippen LogP contribution in [0.5, 0.6) is 0 Å². The average molecular weight is 849 g/mol. The number of ether oxygens (including phenoxy) is 2. The Balaban J connectivity index is 0.000000181. The highest BCUT2D eigenvalue weighted by molar-refractivity contribution is 5.35. The molecule has 2 aliphatic carbocycles. The van der Waals surface area contributed by atoms with Crippen molar-refractivity contribution < 1.29 is 27.0 Å². The maximum atomic E-state index is 14.1. The predicted octanol–water partition coefficient (Wildman–Crippen LogP) is 8.20. The van der Waals surface area contributed by atoms with Crippen LogP contribution in [0.4, 0.5) is 17.6 Å². The van der Waals surface area contributed by atoms with E-state index < -0.39 is 11.8 Å². The van der Waals surface area contributed by atoms with Crippen molar-refractivity contribution in [1.82, 2.24) is 40.0 Å². The number of aromatic nitrogens is 4. The number of hydrogen-bond donors (Lipinski definition) is 2. The van der Waals surface area contributed by atoms with E-state index >= 15 is 0 Å². The third kappa shape index (κ3) is 10.6. The van der Waals surface area contributed by atoms with Gasteiger partial charge in [0.25, 0.3) is 11.8 Å². The van der Waals surface area contributed by atoms with Crippen molar-refractivity contribution in [3.8, 4) is 0 Å². The number of nitrogens with one attached hydrogen (secondary N) is 2.